The minimum absolute atomic E-state index is 0.265. The van der Waals surface area contributed by atoms with Gasteiger partial charge in [-0.15, -0.1) is 0 Å². The molecule has 0 saturated carbocycles. The third-order valence-corrected chi connectivity index (χ3v) is 3.64. The third kappa shape index (κ3) is 3.82. The molecule has 0 bridgehead atoms. The first-order valence-corrected chi connectivity index (χ1v) is 7.53. The fourth-order valence-corrected chi connectivity index (χ4v) is 2.45. The minimum Gasteiger partial charge on any atom is -0.378 e. The van der Waals surface area contributed by atoms with Crippen molar-refractivity contribution >= 4 is 5.69 Å². The predicted octanol–water partition coefficient (Wildman–Crippen LogP) is 2.26. The van der Waals surface area contributed by atoms with Gasteiger partial charge in [-0.3, -0.25) is 4.68 Å². The van der Waals surface area contributed by atoms with Crippen LogP contribution in [0.15, 0.2) is 30.6 Å². The summed E-state index contributed by atoms with van der Waals surface area (Å²) in [6.07, 6.45) is 2.49. The van der Waals surface area contributed by atoms with Gasteiger partial charge in [0.25, 0.3) is 0 Å². The van der Waals surface area contributed by atoms with Gasteiger partial charge >= 0.3 is 0 Å². The summed E-state index contributed by atoms with van der Waals surface area (Å²) >= 11 is 0. The van der Waals surface area contributed by atoms with E-state index in [4.69, 9.17) is 0 Å². The molecule has 5 nitrogen and oxygen atoms in total. The quantitative estimate of drug-likeness (QED) is 0.848. The highest BCUT2D eigenvalue weighted by atomic mass is 15.3. The number of aryl methyl sites for hydroxylation is 1. The third-order valence-electron chi connectivity index (χ3n) is 3.64. The summed E-state index contributed by atoms with van der Waals surface area (Å²) in [7, 11) is 4.11. The smallest absolute Gasteiger partial charge is 0.138 e. The lowest BCUT2D eigenvalue weighted by Gasteiger charge is -2.20. The van der Waals surface area contributed by atoms with Gasteiger partial charge in [0, 0.05) is 38.8 Å². The van der Waals surface area contributed by atoms with Gasteiger partial charge in [-0.05, 0) is 31.2 Å². The van der Waals surface area contributed by atoms with E-state index in [0.29, 0.717) is 0 Å². The Labute approximate surface area is 127 Å². The van der Waals surface area contributed by atoms with Crippen LogP contribution < -0.4 is 10.2 Å². The highest BCUT2D eigenvalue weighted by Gasteiger charge is 2.15. The van der Waals surface area contributed by atoms with Crippen molar-refractivity contribution in [3.63, 3.8) is 0 Å². The highest BCUT2D eigenvalue weighted by Crippen LogP contribution is 2.20. The molecule has 0 fully saturated rings. The molecule has 0 aliphatic heterocycles. The summed E-state index contributed by atoms with van der Waals surface area (Å²) in [5, 5.41) is 7.79. The van der Waals surface area contributed by atoms with Crippen molar-refractivity contribution in [3.8, 4) is 0 Å². The van der Waals surface area contributed by atoms with E-state index in [1.807, 2.05) is 4.68 Å². The van der Waals surface area contributed by atoms with Gasteiger partial charge in [0.05, 0.1) is 0 Å². The summed E-state index contributed by atoms with van der Waals surface area (Å²) in [5.41, 5.74) is 2.50. The molecule has 1 aromatic carbocycles. The van der Waals surface area contributed by atoms with Gasteiger partial charge in [0.2, 0.25) is 0 Å². The average molecular weight is 287 g/mol. The van der Waals surface area contributed by atoms with Crippen molar-refractivity contribution in [2.45, 2.75) is 32.9 Å². The molecule has 1 heterocycles. The predicted molar refractivity (Wildman–Crippen MR) is 86.6 cm³/mol. The molecule has 1 unspecified atom stereocenters. The molecule has 5 heteroatoms. The highest BCUT2D eigenvalue weighted by molar-refractivity contribution is 5.46. The molecular formula is C16H25N5. The van der Waals surface area contributed by atoms with Crippen molar-refractivity contribution in [2.75, 3.05) is 25.5 Å². The SMILES string of the molecule is CCNC(Cc1ncnn1CC)c1ccc(N(C)C)cc1. The molecule has 1 aromatic heterocycles. The zero-order valence-electron chi connectivity index (χ0n) is 13.4. The zero-order chi connectivity index (χ0) is 15.2. The Kier molecular flexibility index (Phi) is 5.33. The average Bonchev–Trinajstić information content (AvgIpc) is 2.94. The number of likely N-dealkylation sites (N-methyl/N-ethyl adjacent to an activating group) is 1. The lowest BCUT2D eigenvalue weighted by Crippen LogP contribution is -2.24. The van der Waals surface area contributed by atoms with Crippen molar-refractivity contribution in [1.29, 1.82) is 0 Å². The van der Waals surface area contributed by atoms with E-state index in [0.717, 1.165) is 25.3 Å². The first-order chi connectivity index (χ1) is 10.2. The molecule has 0 saturated heterocycles. The van der Waals surface area contributed by atoms with Crippen LogP contribution >= 0.6 is 0 Å². The summed E-state index contributed by atoms with van der Waals surface area (Å²) in [4.78, 5) is 6.49. The Bertz CT molecular complexity index is 544. The Hall–Kier alpha value is -1.88. The van der Waals surface area contributed by atoms with Crippen LogP contribution in [-0.2, 0) is 13.0 Å². The number of benzene rings is 1. The molecular weight excluding hydrogens is 262 g/mol. The van der Waals surface area contributed by atoms with Crippen LogP contribution in [0.4, 0.5) is 5.69 Å². The van der Waals surface area contributed by atoms with E-state index in [1.54, 1.807) is 6.33 Å². The second kappa shape index (κ2) is 7.22. The van der Waals surface area contributed by atoms with Crippen molar-refractivity contribution in [2.24, 2.45) is 0 Å². The van der Waals surface area contributed by atoms with Crippen LogP contribution in [0.3, 0.4) is 0 Å². The van der Waals surface area contributed by atoms with E-state index in [1.165, 1.54) is 11.3 Å². The van der Waals surface area contributed by atoms with Crippen molar-refractivity contribution in [1.82, 2.24) is 20.1 Å². The van der Waals surface area contributed by atoms with Crippen LogP contribution in [0.5, 0.6) is 0 Å². The molecule has 1 atom stereocenters. The lowest BCUT2D eigenvalue weighted by atomic mass is 10.0. The molecule has 0 radical (unpaired) electrons. The molecule has 0 amide bonds. The Morgan fingerprint density at radius 2 is 1.90 bits per heavy atom. The molecule has 2 rings (SSSR count). The Morgan fingerprint density at radius 1 is 1.19 bits per heavy atom. The van der Waals surface area contributed by atoms with Gasteiger partial charge in [-0.1, -0.05) is 19.1 Å². The van der Waals surface area contributed by atoms with E-state index < -0.39 is 0 Å². The molecule has 0 spiro atoms. The Balaban J connectivity index is 2.18. The van der Waals surface area contributed by atoms with E-state index >= 15 is 0 Å². The van der Waals surface area contributed by atoms with Crippen LogP contribution in [0.25, 0.3) is 0 Å². The molecule has 1 N–H and O–H groups in total. The van der Waals surface area contributed by atoms with Gasteiger partial charge in [-0.25, -0.2) is 4.98 Å². The second-order valence-electron chi connectivity index (χ2n) is 5.29. The largest absolute Gasteiger partial charge is 0.378 e. The second-order valence-corrected chi connectivity index (χ2v) is 5.29. The number of anilines is 1. The lowest BCUT2D eigenvalue weighted by molar-refractivity contribution is 0.509. The topological polar surface area (TPSA) is 46.0 Å². The Morgan fingerprint density at radius 3 is 2.48 bits per heavy atom. The maximum absolute atomic E-state index is 4.38. The van der Waals surface area contributed by atoms with Gasteiger partial charge < -0.3 is 10.2 Å². The molecule has 0 aliphatic carbocycles. The summed E-state index contributed by atoms with van der Waals surface area (Å²) in [5.74, 6) is 1.03. The molecule has 2 aromatic rings. The number of rotatable bonds is 7. The number of hydrogen-bond donors (Lipinski definition) is 1. The van der Waals surface area contributed by atoms with Crippen LogP contribution in [0, 0.1) is 0 Å². The monoisotopic (exact) mass is 287 g/mol. The first kappa shape index (κ1) is 15.5. The van der Waals surface area contributed by atoms with Crippen LogP contribution in [0.1, 0.15) is 31.3 Å². The number of hydrogen-bond acceptors (Lipinski definition) is 4. The summed E-state index contributed by atoms with van der Waals surface area (Å²) in [6, 6.07) is 8.96. The van der Waals surface area contributed by atoms with Crippen LogP contribution in [-0.4, -0.2) is 35.4 Å². The number of nitrogens with one attached hydrogen (secondary N) is 1. The van der Waals surface area contributed by atoms with Crippen molar-refractivity contribution in [3.05, 3.63) is 42.0 Å². The maximum Gasteiger partial charge on any atom is 0.138 e. The summed E-state index contributed by atoms with van der Waals surface area (Å²) < 4.78 is 1.96. The normalized spacial score (nSPS) is 12.4. The molecule has 114 valence electrons. The fraction of sp³-hybridized carbons (Fsp3) is 0.500. The minimum atomic E-state index is 0.265. The van der Waals surface area contributed by atoms with E-state index in [2.05, 4.69) is 72.5 Å². The number of nitrogens with zero attached hydrogens (tertiary/aromatic N) is 4. The van der Waals surface area contributed by atoms with Gasteiger partial charge in [0.15, 0.2) is 0 Å². The van der Waals surface area contributed by atoms with E-state index in [9.17, 15) is 0 Å². The van der Waals surface area contributed by atoms with Gasteiger partial charge in [0.1, 0.15) is 12.2 Å². The first-order valence-electron chi connectivity index (χ1n) is 7.53. The van der Waals surface area contributed by atoms with Crippen molar-refractivity contribution < 1.29 is 0 Å². The molecule has 0 aliphatic rings. The zero-order valence-corrected chi connectivity index (χ0v) is 13.4. The standard InChI is InChI=1S/C16H25N5/c1-5-17-15(11-16-18-12-19-21(16)6-2)13-7-9-14(10-8-13)20(3)4/h7-10,12,15,17H,5-6,11H2,1-4H3. The summed E-state index contributed by atoms with van der Waals surface area (Å²) in [6.45, 7) is 6.01. The van der Waals surface area contributed by atoms with E-state index in [-0.39, 0.29) is 6.04 Å². The fourth-order valence-electron chi connectivity index (χ4n) is 2.45. The molecule has 21 heavy (non-hydrogen) atoms. The number of aromatic nitrogens is 3. The van der Waals surface area contributed by atoms with Crippen LogP contribution in [0.2, 0.25) is 0 Å². The maximum atomic E-state index is 4.38. The van der Waals surface area contributed by atoms with Gasteiger partial charge in [-0.2, -0.15) is 5.10 Å².